The Morgan fingerprint density at radius 1 is 1.33 bits per heavy atom. The predicted molar refractivity (Wildman–Crippen MR) is 86.3 cm³/mol. The predicted octanol–water partition coefficient (Wildman–Crippen LogP) is 3.62. The Balaban J connectivity index is 2.09. The second-order valence-electron chi connectivity index (χ2n) is 5.80. The number of hydrogen-bond donors (Lipinski definition) is 1. The van der Waals surface area contributed by atoms with E-state index in [9.17, 15) is 8.94 Å². The Morgan fingerprint density at radius 3 is 2.71 bits per heavy atom. The van der Waals surface area contributed by atoms with Gasteiger partial charge < -0.3 is 4.55 Å². The summed E-state index contributed by atoms with van der Waals surface area (Å²) in [7, 11) is 0. The highest BCUT2D eigenvalue weighted by atomic mass is 35.5. The van der Waals surface area contributed by atoms with E-state index in [0.29, 0.717) is 23.6 Å². The van der Waals surface area contributed by atoms with Crippen LogP contribution in [0.5, 0.6) is 0 Å². The van der Waals surface area contributed by atoms with E-state index in [-0.39, 0.29) is 10.6 Å². The lowest BCUT2D eigenvalue weighted by Crippen LogP contribution is -2.40. The summed E-state index contributed by atoms with van der Waals surface area (Å²) in [6, 6.07) is 6.33. The van der Waals surface area contributed by atoms with Crippen molar-refractivity contribution in [1.29, 1.82) is 0 Å². The molecule has 0 aliphatic carbocycles. The van der Waals surface area contributed by atoms with Gasteiger partial charge >= 0.3 is 0 Å². The second kappa shape index (κ2) is 6.48. The minimum Gasteiger partial charge on any atom is -0.598 e. The van der Waals surface area contributed by atoms with Gasteiger partial charge in [0.25, 0.3) is 0 Å². The number of halogens is 2. The van der Waals surface area contributed by atoms with Crippen molar-refractivity contribution in [1.82, 2.24) is 9.71 Å². The first-order valence-corrected chi connectivity index (χ1v) is 8.20. The van der Waals surface area contributed by atoms with E-state index in [2.05, 4.69) is 9.71 Å². The lowest BCUT2D eigenvalue weighted by Gasteiger charge is -2.23. The van der Waals surface area contributed by atoms with Crippen LogP contribution in [0.1, 0.15) is 26.3 Å². The minimum atomic E-state index is -1.11. The van der Waals surface area contributed by atoms with Crippen LogP contribution >= 0.6 is 11.6 Å². The van der Waals surface area contributed by atoms with Crippen LogP contribution in [0.3, 0.4) is 0 Å². The SMILES string of the molecule is CC(C)(C)[S+]([O-])NCCc1cc2ccc(F)cc2nc1Cl. The average molecular weight is 329 g/mol. The van der Waals surface area contributed by atoms with E-state index >= 15 is 0 Å². The molecule has 1 aromatic heterocycles. The van der Waals surface area contributed by atoms with Gasteiger partial charge in [-0.05, 0) is 51.0 Å². The van der Waals surface area contributed by atoms with Gasteiger partial charge in [-0.25, -0.2) is 9.37 Å². The topological polar surface area (TPSA) is 48.0 Å². The van der Waals surface area contributed by atoms with Crippen LogP contribution in [-0.4, -0.2) is 20.8 Å². The van der Waals surface area contributed by atoms with Crippen molar-refractivity contribution in [2.45, 2.75) is 31.9 Å². The highest BCUT2D eigenvalue weighted by Gasteiger charge is 2.25. The molecule has 0 saturated carbocycles. The molecular formula is C15H18ClFN2OS. The second-order valence-corrected chi connectivity index (χ2v) is 8.21. The van der Waals surface area contributed by atoms with Gasteiger partial charge in [0.2, 0.25) is 0 Å². The maximum atomic E-state index is 13.1. The summed E-state index contributed by atoms with van der Waals surface area (Å²) in [5, 5.41) is 1.20. The summed E-state index contributed by atoms with van der Waals surface area (Å²) in [4.78, 5) is 4.20. The standard InChI is InChI=1S/C15H18ClFN2OS/c1-15(2,3)21(20)18-7-6-11-8-10-4-5-12(17)9-13(10)19-14(11)16/h4-5,8-9,18H,6-7H2,1-3H3. The van der Waals surface area contributed by atoms with E-state index in [1.54, 1.807) is 6.07 Å². The maximum absolute atomic E-state index is 13.1. The van der Waals surface area contributed by atoms with Crippen molar-refractivity contribution in [2.75, 3.05) is 6.54 Å². The zero-order valence-corrected chi connectivity index (χ0v) is 13.8. The van der Waals surface area contributed by atoms with E-state index in [1.807, 2.05) is 26.8 Å². The molecule has 1 N–H and O–H groups in total. The van der Waals surface area contributed by atoms with Gasteiger partial charge in [-0.1, -0.05) is 11.6 Å². The third kappa shape index (κ3) is 4.30. The van der Waals surface area contributed by atoms with Gasteiger partial charge in [0.05, 0.1) is 5.52 Å². The van der Waals surface area contributed by atoms with E-state index in [4.69, 9.17) is 11.6 Å². The smallest absolute Gasteiger partial charge is 0.136 e. The fourth-order valence-electron chi connectivity index (χ4n) is 1.83. The van der Waals surface area contributed by atoms with E-state index in [1.165, 1.54) is 12.1 Å². The zero-order valence-electron chi connectivity index (χ0n) is 12.2. The van der Waals surface area contributed by atoms with Crippen LogP contribution in [-0.2, 0) is 17.8 Å². The van der Waals surface area contributed by atoms with Gasteiger partial charge in [-0.2, -0.15) is 0 Å². The van der Waals surface area contributed by atoms with Crippen molar-refractivity contribution >= 4 is 33.9 Å². The monoisotopic (exact) mass is 328 g/mol. The van der Waals surface area contributed by atoms with Gasteiger partial charge in [-0.3, -0.25) is 0 Å². The van der Waals surface area contributed by atoms with Gasteiger partial charge in [0.1, 0.15) is 15.7 Å². The van der Waals surface area contributed by atoms with Crippen molar-refractivity contribution in [3.8, 4) is 0 Å². The Bertz CT molecular complexity index is 645. The molecule has 114 valence electrons. The fraction of sp³-hybridized carbons (Fsp3) is 0.400. The number of nitrogens with zero attached hydrogens (tertiary/aromatic N) is 1. The molecule has 0 saturated heterocycles. The molecule has 0 aliphatic heterocycles. The average Bonchev–Trinajstić information content (AvgIpc) is 2.38. The fourth-order valence-corrected chi connectivity index (χ4v) is 2.79. The molecule has 0 amide bonds. The number of pyridine rings is 1. The maximum Gasteiger partial charge on any atom is 0.136 e. The van der Waals surface area contributed by atoms with E-state index in [0.717, 1.165) is 10.9 Å². The first kappa shape index (κ1) is 16.5. The number of benzene rings is 1. The molecule has 1 heterocycles. The molecule has 6 heteroatoms. The molecule has 1 aromatic carbocycles. The lowest BCUT2D eigenvalue weighted by molar-refractivity contribution is 0.544. The molecule has 2 rings (SSSR count). The summed E-state index contributed by atoms with van der Waals surface area (Å²) in [6.07, 6.45) is 0.612. The molecule has 0 radical (unpaired) electrons. The number of hydrogen-bond acceptors (Lipinski definition) is 3. The third-order valence-corrected chi connectivity index (χ3v) is 4.90. The molecule has 0 fully saturated rings. The van der Waals surface area contributed by atoms with Crippen LogP contribution in [0.25, 0.3) is 10.9 Å². The Morgan fingerprint density at radius 2 is 2.05 bits per heavy atom. The summed E-state index contributed by atoms with van der Waals surface area (Å²) in [5.74, 6) is -0.332. The molecule has 3 nitrogen and oxygen atoms in total. The van der Waals surface area contributed by atoms with Gasteiger partial charge in [0, 0.05) is 29.4 Å². The molecule has 0 spiro atoms. The molecule has 0 aliphatic rings. The van der Waals surface area contributed by atoms with Crippen molar-refractivity contribution in [2.24, 2.45) is 0 Å². The number of rotatable bonds is 4. The highest BCUT2D eigenvalue weighted by molar-refractivity contribution is 7.90. The normalized spacial score (nSPS) is 13.6. The van der Waals surface area contributed by atoms with Crippen molar-refractivity contribution < 1.29 is 8.94 Å². The minimum absolute atomic E-state index is 0.303. The highest BCUT2D eigenvalue weighted by Crippen LogP contribution is 2.22. The van der Waals surface area contributed by atoms with Crippen LogP contribution in [0, 0.1) is 5.82 Å². The van der Waals surface area contributed by atoms with E-state index < -0.39 is 11.4 Å². The van der Waals surface area contributed by atoms with Gasteiger partial charge in [0.15, 0.2) is 0 Å². The summed E-state index contributed by atoms with van der Waals surface area (Å²) < 4.78 is 27.7. The Labute approximate surface area is 132 Å². The summed E-state index contributed by atoms with van der Waals surface area (Å²) in [6.45, 7) is 6.28. The molecular weight excluding hydrogens is 311 g/mol. The molecule has 0 bridgehead atoms. The largest absolute Gasteiger partial charge is 0.598 e. The lowest BCUT2D eigenvalue weighted by atomic mass is 10.1. The van der Waals surface area contributed by atoms with Gasteiger partial charge in [-0.15, -0.1) is 4.72 Å². The first-order chi connectivity index (χ1) is 9.77. The van der Waals surface area contributed by atoms with Crippen LogP contribution < -0.4 is 4.72 Å². The molecule has 2 aromatic rings. The third-order valence-electron chi connectivity index (χ3n) is 2.99. The zero-order chi connectivity index (χ0) is 15.6. The number of aromatic nitrogens is 1. The first-order valence-electron chi connectivity index (χ1n) is 6.67. The number of fused-ring (bicyclic) bond motifs is 1. The van der Waals surface area contributed by atoms with Crippen LogP contribution in [0.4, 0.5) is 4.39 Å². The van der Waals surface area contributed by atoms with Crippen molar-refractivity contribution in [3.63, 3.8) is 0 Å². The molecule has 1 unspecified atom stereocenters. The Kier molecular flexibility index (Phi) is 5.09. The Hall–Kier alpha value is -0.880. The summed E-state index contributed by atoms with van der Waals surface area (Å²) >= 11 is 5.01. The summed E-state index contributed by atoms with van der Waals surface area (Å²) in [5.41, 5.74) is 1.39. The quantitative estimate of drug-likeness (QED) is 0.689. The number of nitrogens with one attached hydrogen (secondary N) is 1. The van der Waals surface area contributed by atoms with Crippen LogP contribution in [0.15, 0.2) is 24.3 Å². The molecule has 21 heavy (non-hydrogen) atoms. The van der Waals surface area contributed by atoms with Crippen LogP contribution in [0.2, 0.25) is 5.15 Å². The molecule has 1 atom stereocenters. The van der Waals surface area contributed by atoms with Crippen molar-refractivity contribution in [3.05, 3.63) is 40.8 Å².